The zero-order valence-corrected chi connectivity index (χ0v) is 8.10. The number of rotatable bonds is 3. The highest BCUT2D eigenvalue weighted by Crippen LogP contribution is 2.29. The van der Waals surface area contributed by atoms with E-state index in [4.69, 9.17) is 5.53 Å². The molecule has 0 spiro atoms. The second-order valence-corrected chi connectivity index (χ2v) is 3.08. The molecule has 0 N–H and O–H groups in total. The fourth-order valence-electron chi connectivity index (χ4n) is 1.33. The van der Waals surface area contributed by atoms with E-state index in [1.807, 2.05) is 12.2 Å². The molecule has 0 aromatic heterocycles. The first-order chi connectivity index (χ1) is 6.65. The SMILES string of the molecule is COC(=O)[C@](C)(N=[N+]=[N-])C1=CC=CC1. The maximum Gasteiger partial charge on any atom is 0.321 e. The van der Waals surface area contributed by atoms with Gasteiger partial charge in [0.2, 0.25) is 0 Å². The molecule has 0 unspecified atom stereocenters. The molecule has 0 heterocycles. The van der Waals surface area contributed by atoms with E-state index in [0.717, 1.165) is 5.57 Å². The minimum absolute atomic E-state index is 0.537. The molecule has 74 valence electrons. The number of hydrogen-bond acceptors (Lipinski definition) is 3. The monoisotopic (exact) mass is 193 g/mol. The van der Waals surface area contributed by atoms with Crippen molar-refractivity contribution in [2.75, 3.05) is 7.11 Å². The zero-order valence-electron chi connectivity index (χ0n) is 8.10. The van der Waals surface area contributed by atoms with Gasteiger partial charge in [-0.15, -0.1) is 0 Å². The fourth-order valence-corrected chi connectivity index (χ4v) is 1.33. The van der Waals surface area contributed by atoms with E-state index in [1.54, 1.807) is 13.0 Å². The lowest BCUT2D eigenvalue weighted by Gasteiger charge is -2.22. The van der Waals surface area contributed by atoms with Crippen molar-refractivity contribution in [3.8, 4) is 0 Å². The largest absolute Gasteiger partial charge is 0.468 e. The van der Waals surface area contributed by atoms with Crippen molar-refractivity contribution in [1.82, 2.24) is 0 Å². The standard InChI is InChI=1S/C9H11N3O2/c1-9(11-12-10,8(13)14-2)7-5-3-4-6-7/h3-5H,6H2,1-2H3/t9-/m1/s1. The molecule has 0 bridgehead atoms. The van der Waals surface area contributed by atoms with Gasteiger partial charge in [0, 0.05) is 4.91 Å². The van der Waals surface area contributed by atoms with E-state index < -0.39 is 11.5 Å². The van der Waals surface area contributed by atoms with Crippen molar-refractivity contribution in [3.63, 3.8) is 0 Å². The first kappa shape index (κ1) is 10.3. The Hall–Kier alpha value is -1.74. The lowest BCUT2D eigenvalue weighted by molar-refractivity contribution is -0.144. The first-order valence-corrected chi connectivity index (χ1v) is 4.16. The smallest absolute Gasteiger partial charge is 0.321 e. The molecule has 0 radical (unpaired) electrons. The van der Waals surface area contributed by atoms with Crippen LogP contribution < -0.4 is 0 Å². The summed E-state index contributed by atoms with van der Waals surface area (Å²) in [5, 5.41) is 3.51. The third-order valence-electron chi connectivity index (χ3n) is 2.22. The van der Waals surface area contributed by atoms with E-state index in [0.29, 0.717) is 6.42 Å². The number of esters is 1. The summed E-state index contributed by atoms with van der Waals surface area (Å²) in [6.07, 6.45) is 6.10. The second kappa shape index (κ2) is 3.98. The molecule has 1 rings (SSSR count). The van der Waals surface area contributed by atoms with Crippen LogP contribution in [0.2, 0.25) is 0 Å². The summed E-state index contributed by atoms with van der Waals surface area (Å²) in [5.74, 6) is -0.537. The van der Waals surface area contributed by atoms with Crippen molar-refractivity contribution < 1.29 is 9.53 Å². The van der Waals surface area contributed by atoms with Gasteiger partial charge in [-0.2, -0.15) is 0 Å². The summed E-state index contributed by atoms with van der Waals surface area (Å²) in [6, 6.07) is 0. The normalized spacial score (nSPS) is 18.0. The number of methoxy groups -OCH3 is 1. The van der Waals surface area contributed by atoms with Crippen LogP contribution in [-0.4, -0.2) is 18.6 Å². The van der Waals surface area contributed by atoms with E-state index in [-0.39, 0.29) is 0 Å². The average molecular weight is 193 g/mol. The summed E-state index contributed by atoms with van der Waals surface area (Å²) < 4.78 is 4.61. The number of ether oxygens (including phenoxy) is 1. The molecule has 1 atom stereocenters. The predicted octanol–water partition coefficient (Wildman–Crippen LogP) is 2.11. The lowest BCUT2D eigenvalue weighted by atomic mass is 9.92. The quantitative estimate of drug-likeness (QED) is 0.298. The molecule has 5 nitrogen and oxygen atoms in total. The first-order valence-electron chi connectivity index (χ1n) is 4.16. The van der Waals surface area contributed by atoms with Crippen molar-refractivity contribution in [1.29, 1.82) is 0 Å². The van der Waals surface area contributed by atoms with Gasteiger partial charge in [-0.1, -0.05) is 23.3 Å². The molecular weight excluding hydrogens is 182 g/mol. The fraction of sp³-hybridized carbons (Fsp3) is 0.444. The van der Waals surface area contributed by atoms with E-state index in [1.165, 1.54) is 7.11 Å². The van der Waals surface area contributed by atoms with Crippen molar-refractivity contribution >= 4 is 5.97 Å². The number of azide groups is 1. The summed E-state index contributed by atoms with van der Waals surface area (Å²) in [7, 11) is 1.27. The maximum atomic E-state index is 11.5. The van der Waals surface area contributed by atoms with Gasteiger partial charge in [0.25, 0.3) is 0 Å². The van der Waals surface area contributed by atoms with Crippen molar-refractivity contribution in [2.45, 2.75) is 18.9 Å². The molecule has 0 aromatic rings. The Labute approximate surface area is 81.7 Å². The summed E-state index contributed by atoms with van der Waals surface area (Å²) >= 11 is 0. The van der Waals surface area contributed by atoms with E-state index in [2.05, 4.69) is 14.8 Å². The van der Waals surface area contributed by atoms with Gasteiger partial charge in [-0.05, 0) is 24.4 Å². The number of carbonyl (C=O) groups is 1. The van der Waals surface area contributed by atoms with Crippen LogP contribution in [-0.2, 0) is 9.53 Å². The predicted molar refractivity (Wildman–Crippen MR) is 51.4 cm³/mol. The molecule has 14 heavy (non-hydrogen) atoms. The number of carbonyl (C=O) groups excluding carboxylic acids is 1. The molecule has 0 saturated carbocycles. The lowest BCUT2D eigenvalue weighted by Crippen LogP contribution is -2.35. The highest BCUT2D eigenvalue weighted by molar-refractivity contribution is 5.85. The van der Waals surface area contributed by atoms with Crippen LogP contribution in [0.3, 0.4) is 0 Å². The number of nitrogens with zero attached hydrogens (tertiary/aromatic N) is 3. The molecule has 0 aliphatic heterocycles. The highest BCUT2D eigenvalue weighted by Gasteiger charge is 2.37. The highest BCUT2D eigenvalue weighted by atomic mass is 16.5. The molecule has 0 saturated heterocycles. The van der Waals surface area contributed by atoms with Crippen molar-refractivity contribution in [3.05, 3.63) is 34.2 Å². The minimum Gasteiger partial charge on any atom is -0.468 e. The van der Waals surface area contributed by atoms with E-state index in [9.17, 15) is 4.79 Å². The van der Waals surface area contributed by atoms with Gasteiger partial charge in [-0.3, -0.25) is 4.79 Å². The third-order valence-corrected chi connectivity index (χ3v) is 2.22. The Morgan fingerprint density at radius 3 is 2.93 bits per heavy atom. The average Bonchev–Trinajstić information content (AvgIpc) is 2.70. The van der Waals surface area contributed by atoms with Crippen LogP contribution >= 0.6 is 0 Å². The molecule has 0 fully saturated rings. The Kier molecular flexibility index (Phi) is 2.94. The zero-order chi connectivity index (χ0) is 10.6. The summed E-state index contributed by atoms with van der Waals surface area (Å²) in [5.41, 5.74) is 7.95. The van der Waals surface area contributed by atoms with Gasteiger partial charge in [0.05, 0.1) is 7.11 Å². The summed E-state index contributed by atoms with van der Waals surface area (Å²) in [4.78, 5) is 14.1. The van der Waals surface area contributed by atoms with Gasteiger partial charge < -0.3 is 4.74 Å². The van der Waals surface area contributed by atoms with Crippen LogP contribution in [0.1, 0.15) is 13.3 Å². The Morgan fingerprint density at radius 2 is 2.50 bits per heavy atom. The number of allylic oxidation sites excluding steroid dienone is 3. The third kappa shape index (κ3) is 1.63. The van der Waals surface area contributed by atoms with Gasteiger partial charge >= 0.3 is 5.97 Å². The second-order valence-electron chi connectivity index (χ2n) is 3.08. The number of hydrogen-bond donors (Lipinski definition) is 0. The van der Waals surface area contributed by atoms with Crippen LogP contribution in [0.15, 0.2) is 28.9 Å². The van der Waals surface area contributed by atoms with Crippen molar-refractivity contribution in [2.24, 2.45) is 5.11 Å². The Morgan fingerprint density at radius 1 is 1.79 bits per heavy atom. The van der Waals surface area contributed by atoms with Crippen LogP contribution in [0, 0.1) is 0 Å². The molecular formula is C9H11N3O2. The molecule has 1 aliphatic carbocycles. The van der Waals surface area contributed by atoms with Crippen LogP contribution in [0.25, 0.3) is 10.4 Å². The van der Waals surface area contributed by atoms with Gasteiger partial charge in [0.15, 0.2) is 5.54 Å². The van der Waals surface area contributed by atoms with Crippen LogP contribution in [0.4, 0.5) is 0 Å². The minimum atomic E-state index is -1.22. The van der Waals surface area contributed by atoms with E-state index >= 15 is 0 Å². The maximum absolute atomic E-state index is 11.5. The van der Waals surface area contributed by atoms with Gasteiger partial charge in [0.1, 0.15) is 0 Å². The Balaban J connectivity index is 3.04. The molecule has 5 heteroatoms. The topological polar surface area (TPSA) is 75.1 Å². The molecule has 1 aliphatic rings. The molecule has 0 aromatic carbocycles. The van der Waals surface area contributed by atoms with Crippen LogP contribution in [0.5, 0.6) is 0 Å². The Bertz CT molecular complexity index is 353. The summed E-state index contributed by atoms with van der Waals surface area (Å²) in [6.45, 7) is 1.55. The molecule has 0 amide bonds. The van der Waals surface area contributed by atoms with Gasteiger partial charge in [-0.25, -0.2) is 0 Å².